The molecule has 2 saturated carbocycles. The summed E-state index contributed by atoms with van der Waals surface area (Å²) in [6.45, 7) is -0.337. The molecule has 2 fully saturated rings. The molecular weight excluding hydrogens is 385 g/mol. The van der Waals surface area contributed by atoms with E-state index in [1.807, 2.05) is 0 Å². The van der Waals surface area contributed by atoms with Gasteiger partial charge in [-0.3, -0.25) is 4.52 Å². The molecule has 0 bridgehead atoms. The number of aromatic nitrogens is 4. The normalized spacial score (nSPS) is 33.6. The summed E-state index contributed by atoms with van der Waals surface area (Å²) in [5.41, 5.74) is 5.85. The molecule has 4 rings (SSSR count). The largest absolute Gasteiger partial charge is 0.469 e. The van der Waals surface area contributed by atoms with E-state index in [1.54, 1.807) is 10.8 Å². The first-order valence-electron chi connectivity index (χ1n) is 7.78. The molecule has 0 aliphatic heterocycles. The monoisotopic (exact) mass is 403 g/mol. The summed E-state index contributed by atoms with van der Waals surface area (Å²) in [5.74, 6) is -0.0107. The molecule has 0 aromatic carbocycles. The minimum atomic E-state index is -4.67. The summed E-state index contributed by atoms with van der Waals surface area (Å²) in [6.07, 6.45) is 1.42. The highest BCUT2D eigenvalue weighted by molar-refractivity contribution is 7.98. The minimum absolute atomic E-state index is 0.220. The van der Waals surface area contributed by atoms with Gasteiger partial charge in [-0.2, -0.15) is 0 Å². The van der Waals surface area contributed by atoms with Gasteiger partial charge in [-0.15, -0.1) is 0 Å². The first-order chi connectivity index (χ1) is 12.2. The molecule has 142 valence electrons. The third-order valence-corrected chi connectivity index (χ3v) is 6.30. The molecule has 13 heteroatoms. The summed E-state index contributed by atoms with van der Waals surface area (Å²) in [5, 5.41) is 21.5. The van der Waals surface area contributed by atoms with Crippen molar-refractivity contribution in [2.45, 2.75) is 29.8 Å². The number of nitrogens with zero attached hydrogens (tertiary/aromatic N) is 4. The Morgan fingerprint density at radius 1 is 1.46 bits per heavy atom. The third-order valence-electron chi connectivity index (χ3n) is 5.29. The van der Waals surface area contributed by atoms with Crippen molar-refractivity contribution in [1.29, 1.82) is 0 Å². The van der Waals surface area contributed by atoms with Crippen LogP contribution < -0.4 is 5.73 Å². The zero-order chi connectivity index (χ0) is 18.9. The van der Waals surface area contributed by atoms with E-state index >= 15 is 0 Å². The first kappa shape index (κ1) is 18.1. The van der Waals surface area contributed by atoms with Crippen LogP contribution in [0, 0.1) is 11.3 Å². The van der Waals surface area contributed by atoms with Crippen LogP contribution in [-0.4, -0.2) is 64.6 Å². The van der Waals surface area contributed by atoms with Crippen molar-refractivity contribution in [1.82, 2.24) is 19.5 Å². The number of fused-ring (bicyclic) bond motifs is 2. The fourth-order valence-electron chi connectivity index (χ4n) is 3.96. The van der Waals surface area contributed by atoms with Crippen LogP contribution in [0.25, 0.3) is 11.2 Å². The zero-order valence-electron chi connectivity index (χ0n) is 13.6. The van der Waals surface area contributed by atoms with Crippen LogP contribution in [0.15, 0.2) is 11.5 Å². The van der Waals surface area contributed by atoms with Gasteiger partial charge in [0.1, 0.15) is 11.6 Å². The Morgan fingerprint density at radius 2 is 2.19 bits per heavy atom. The molecule has 0 spiro atoms. The van der Waals surface area contributed by atoms with Gasteiger partial charge in [-0.25, -0.2) is 19.5 Å². The van der Waals surface area contributed by atoms with Crippen molar-refractivity contribution in [2.75, 3.05) is 18.6 Å². The molecule has 0 saturated heterocycles. The number of imidazole rings is 1. The molecule has 2 aliphatic carbocycles. The van der Waals surface area contributed by atoms with Crippen LogP contribution in [0.1, 0.15) is 12.5 Å². The van der Waals surface area contributed by atoms with E-state index in [0.29, 0.717) is 22.7 Å². The fourth-order valence-corrected chi connectivity index (χ4v) is 4.73. The maximum Gasteiger partial charge on any atom is 0.469 e. The van der Waals surface area contributed by atoms with Crippen molar-refractivity contribution in [2.24, 2.45) is 11.3 Å². The Balaban J connectivity index is 1.70. The lowest BCUT2D eigenvalue weighted by atomic mass is 10.0. The predicted octanol–water partition coefficient (Wildman–Crippen LogP) is -0.477. The van der Waals surface area contributed by atoms with Crippen LogP contribution in [0.3, 0.4) is 0 Å². The van der Waals surface area contributed by atoms with Crippen molar-refractivity contribution in [3.63, 3.8) is 0 Å². The van der Waals surface area contributed by atoms with E-state index in [0.717, 1.165) is 0 Å². The van der Waals surface area contributed by atoms with Gasteiger partial charge in [0, 0.05) is 5.41 Å². The number of rotatable bonds is 5. The number of hydrogen-bond donors (Lipinski definition) is 5. The van der Waals surface area contributed by atoms with E-state index in [1.165, 1.54) is 18.1 Å². The molecule has 11 nitrogen and oxygen atoms in total. The fraction of sp³-hybridized carbons (Fsp3) is 0.615. The molecule has 26 heavy (non-hydrogen) atoms. The maximum absolute atomic E-state index is 11.0. The summed E-state index contributed by atoms with van der Waals surface area (Å²) < 4.78 is 17.3. The highest BCUT2D eigenvalue weighted by Crippen LogP contribution is 2.68. The summed E-state index contributed by atoms with van der Waals surface area (Å²) in [7, 11) is -4.67. The Hall–Kier alpha value is -1.27. The molecule has 2 aromatic heterocycles. The number of nitrogens with two attached hydrogens (primary N) is 1. The second kappa shape index (κ2) is 5.86. The molecule has 6 N–H and O–H groups in total. The van der Waals surface area contributed by atoms with Crippen molar-refractivity contribution >= 4 is 36.6 Å². The second-order valence-electron chi connectivity index (χ2n) is 6.65. The second-order valence-corrected chi connectivity index (χ2v) is 8.67. The van der Waals surface area contributed by atoms with Gasteiger partial charge >= 0.3 is 7.82 Å². The average Bonchev–Trinajstić information content (AvgIpc) is 3.08. The molecule has 2 heterocycles. The van der Waals surface area contributed by atoms with Gasteiger partial charge in [0.2, 0.25) is 0 Å². The molecule has 5 atom stereocenters. The van der Waals surface area contributed by atoms with Gasteiger partial charge in [0.25, 0.3) is 0 Å². The Bertz CT molecular complexity index is 920. The quantitative estimate of drug-likeness (QED) is 0.247. The van der Waals surface area contributed by atoms with Crippen LogP contribution in [0.4, 0.5) is 5.82 Å². The molecule has 2 aliphatic rings. The van der Waals surface area contributed by atoms with Gasteiger partial charge in [0.05, 0.1) is 25.1 Å². The predicted molar refractivity (Wildman–Crippen MR) is 91.1 cm³/mol. The first-order valence-corrected chi connectivity index (χ1v) is 10.5. The maximum atomic E-state index is 11.0. The topological polar surface area (TPSA) is 177 Å². The van der Waals surface area contributed by atoms with Gasteiger partial charge in [-0.05, 0) is 18.6 Å². The molecule has 0 radical (unpaired) electrons. The number of anilines is 1. The van der Waals surface area contributed by atoms with E-state index in [2.05, 4.69) is 19.5 Å². The van der Waals surface area contributed by atoms with Crippen molar-refractivity contribution in [3.8, 4) is 0 Å². The third kappa shape index (κ3) is 2.64. The molecule has 2 aromatic rings. The summed E-state index contributed by atoms with van der Waals surface area (Å²) in [4.78, 5) is 30.6. The number of aliphatic hydroxyl groups excluding tert-OH is 2. The van der Waals surface area contributed by atoms with E-state index in [9.17, 15) is 14.8 Å². The number of hydrogen-bond acceptors (Lipinski definition) is 9. The Labute approximate surface area is 151 Å². The van der Waals surface area contributed by atoms with Crippen LogP contribution >= 0.6 is 19.6 Å². The van der Waals surface area contributed by atoms with Crippen LogP contribution in [0.5, 0.6) is 0 Å². The lowest BCUT2D eigenvalue weighted by Gasteiger charge is -2.24. The Kier molecular flexibility index (Phi) is 4.08. The summed E-state index contributed by atoms with van der Waals surface area (Å²) in [6, 6.07) is -0.556. The van der Waals surface area contributed by atoms with Gasteiger partial charge in [0.15, 0.2) is 16.6 Å². The standard InChI is InChI=1S/C13H18N5O6PS/c1-26-12-16-10(14)6-11(17-12)18(4-15-6)7-5-2-13(5,9(20)8(7)19)3-24-25(21,22)23/h4-5,7-9,19-20H,2-3H2,1H3,(H2,14,16,17)(H2,21,22,23)/t5-,7-,8+,9+,13?/m1/s1. The molecular formula is C13H18N5O6PS. The van der Waals surface area contributed by atoms with E-state index in [4.69, 9.17) is 15.5 Å². The van der Waals surface area contributed by atoms with Gasteiger partial charge in [-0.1, -0.05) is 11.8 Å². The number of phosphoric ester groups is 1. The average molecular weight is 403 g/mol. The van der Waals surface area contributed by atoms with E-state index < -0.39 is 31.5 Å². The molecule has 0 amide bonds. The number of aliphatic hydroxyl groups is 2. The van der Waals surface area contributed by atoms with E-state index in [-0.39, 0.29) is 18.3 Å². The smallest absolute Gasteiger partial charge is 0.390 e. The minimum Gasteiger partial charge on any atom is -0.390 e. The lowest BCUT2D eigenvalue weighted by molar-refractivity contribution is -0.0297. The lowest BCUT2D eigenvalue weighted by Crippen LogP contribution is -2.35. The number of nitrogen functional groups attached to an aromatic ring is 1. The zero-order valence-corrected chi connectivity index (χ0v) is 15.3. The van der Waals surface area contributed by atoms with Crippen molar-refractivity contribution in [3.05, 3.63) is 6.33 Å². The van der Waals surface area contributed by atoms with Crippen molar-refractivity contribution < 1.29 is 29.1 Å². The highest BCUT2D eigenvalue weighted by atomic mass is 32.2. The Morgan fingerprint density at radius 3 is 2.85 bits per heavy atom. The number of phosphoric acid groups is 1. The SMILES string of the molecule is CSc1nc(N)c2ncn([C@H]3[C@H](O)[C@H](O)C4(COP(=O)(O)O)C[C@H]34)c2n1. The number of thioether (sulfide) groups is 1. The van der Waals surface area contributed by atoms with Crippen LogP contribution in [0.2, 0.25) is 0 Å². The van der Waals surface area contributed by atoms with Gasteiger partial charge < -0.3 is 30.3 Å². The highest BCUT2D eigenvalue weighted by Gasteiger charge is 2.72. The van der Waals surface area contributed by atoms with Crippen LogP contribution in [-0.2, 0) is 9.09 Å². The summed E-state index contributed by atoms with van der Waals surface area (Å²) >= 11 is 1.31. The molecule has 1 unspecified atom stereocenters.